The molecule has 3 amide bonds. The number of rotatable bonds is 5. The second-order valence-electron chi connectivity index (χ2n) is 5.99. The maximum atomic E-state index is 12.5. The van der Waals surface area contributed by atoms with Crippen molar-refractivity contribution in [3.8, 4) is 0 Å². The second kappa shape index (κ2) is 7.49. The number of aryl methyl sites for hydroxylation is 1. The van der Waals surface area contributed by atoms with Crippen molar-refractivity contribution in [2.45, 2.75) is 37.8 Å². The monoisotopic (exact) mass is 343 g/mol. The lowest BCUT2D eigenvalue weighted by molar-refractivity contribution is -0.122. The molecule has 2 atom stereocenters. The van der Waals surface area contributed by atoms with E-state index in [2.05, 4.69) is 22.8 Å². The van der Waals surface area contributed by atoms with E-state index in [4.69, 9.17) is 5.73 Å². The van der Waals surface area contributed by atoms with Crippen LogP contribution in [0, 0.1) is 0 Å². The predicted octanol–water partition coefficient (Wildman–Crippen LogP) is 3.04. The van der Waals surface area contributed by atoms with Crippen LogP contribution in [0.1, 0.15) is 47.4 Å². The number of hydrogen-bond donors (Lipinski definition) is 3. The second-order valence-corrected chi connectivity index (χ2v) is 6.97. The molecule has 6 heteroatoms. The summed E-state index contributed by atoms with van der Waals surface area (Å²) in [5.41, 5.74) is 7.75. The fourth-order valence-corrected chi connectivity index (χ4v) is 4.00. The molecule has 1 heterocycles. The Morgan fingerprint density at radius 2 is 2.08 bits per heavy atom. The van der Waals surface area contributed by atoms with Crippen molar-refractivity contribution in [2.24, 2.45) is 5.73 Å². The maximum absolute atomic E-state index is 12.5. The van der Waals surface area contributed by atoms with Gasteiger partial charge >= 0.3 is 6.03 Å². The number of urea groups is 1. The molecular formula is C18H21N3O2S. The van der Waals surface area contributed by atoms with Crippen molar-refractivity contribution in [3.05, 3.63) is 57.8 Å². The Hall–Kier alpha value is -2.34. The highest BCUT2D eigenvalue weighted by Gasteiger charge is 2.24. The van der Waals surface area contributed by atoms with E-state index in [0.717, 1.165) is 24.1 Å². The van der Waals surface area contributed by atoms with Crippen LogP contribution >= 0.6 is 11.3 Å². The zero-order valence-corrected chi connectivity index (χ0v) is 14.1. The third-order valence-corrected chi connectivity index (χ3v) is 5.28. The van der Waals surface area contributed by atoms with Crippen LogP contribution in [0.2, 0.25) is 0 Å². The van der Waals surface area contributed by atoms with Crippen LogP contribution < -0.4 is 16.4 Å². The van der Waals surface area contributed by atoms with Gasteiger partial charge in [0.2, 0.25) is 5.91 Å². The van der Waals surface area contributed by atoms with Gasteiger partial charge in [-0.2, -0.15) is 0 Å². The van der Waals surface area contributed by atoms with E-state index in [1.165, 1.54) is 22.5 Å². The highest BCUT2D eigenvalue weighted by Crippen LogP contribution is 2.30. The molecule has 5 nitrogen and oxygen atoms in total. The van der Waals surface area contributed by atoms with Crippen LogP contribution in [0.5, 0.6) is 0 Å². The molecule has 24 heavy (non-hydrogen) atoms. The molecule has 0 unspecified atom stereocenters. The topological polar surface area (TPSA) is 84.2 Å². The number of fused-ring (bicyclic) bond motifs is 1. The Labute approximate surface area is 145 Å². The quantitative estimate of drug-likeness (QED) is 0.779. The Morgan fingerprint density at radius 3 is 2.83 bits per heavy atom. The average molecular weight is 343 g/mol. The molecule has 1 aromatic heterocycles. The van der Waals surface area contributed by atoms with Crippen LogP contribution in [0.4, 0.5) is 4.79 Å². The van der Waals surface area contributed by atoms with Crippen LogP contribution in [-0.2, 0) is 11.2 Å². The molecule has 0 saturated heterocycles. The first-order chi connectivity index (χ1) is 11.6. The highest BCUT2D eigenvalue weighted by molar-refractivity contribution is 7.10. The summed E-state index contributed by atoms with van der Waals surface area (Å²) in [7, 11) is 0. The van der Waals surface area contributed by atoms with Crippen molar-refractivity contribution >= 4 is 23.3 Å². The van der Waals surface area contributed by atoms with Crippen molar-refractivity contribution in [2.75, 3.05) is 0 Å². The molecular weight excluding hydrogens is 322 g/mol. The largest absolute Gasteiger partial charge is 0.352 e. The molecule has 126 valence electrons. The Kier molecular flexibility index (Phi) is 5.15. The molecule has 0 spiro atoms. The van der Waals surface area contributed by atoms with Gasteiger partial charge in [0.25, 0.3) is 0 Å². The van der Waals surface area contributed by atoms with Gasteiger partial charge in [-0.1, -0.05) is 30.3 Å². The standard InChI is InChI=1S/C18H21N3O2S/c19-18(23)21-15(16-9-4-10-24-16)11-17(22)20-14-8-3-6-12-5-1-2-7-13(12)14/h1-2,4-5,7,9-10,14-15H,3,6,8,11H2,(H,20,22)(H3,19,21,23)/t14-,15-/m0/s1. The Bertz CT molecular complexity index is 715. The molecule has 0 saturated carbocycles. The number of amides is 3. The van der Waals surface area contributed by atoms with E-state index < -0.39 is 6.03 Å². The zero-order valence-electron chi connectivity index (χ0n) is 13.3. The summed E-state index contributed by atoms with van der Waals surface area (Å²) in [5.74, 6) is -0.0798. The van der Waals surface area contributed by atoms with E-state index in [1.807, 2.05) is 29.6 Å². The SMILES string of the molecule is NC(=O)N[C@@H](CC(=O)N[C@H]1CCCc2ccccc21)c1cccs1. The van der Waals surface area contributed by atoms with Gasteiger partial charge in [-0.25, -0.2) is 4.79 Å². The molecule has 3 rings (SSSR count). The number of thiophene rings is 1. The van der Waals surface area contributed by atoms with Crippen LogP contribution in [0.25, 0.3) is 0 Å². The van der Waals surface area contributed by atoms with Crippen LogP contribution in [-0.4, -0.2) is 11.9 Å². The molecule has 1 aliphatic carbocycles. The zero-order chi connectivity index (χ0) is 16.9. The minimum absolute atomic E-state index is 0.0417. The van der Waals surface area contributed by atoms with E-state index in [0.29, 0.717) is 0 Å². The smallest absolute Gasteiger partial charge is 0.312 e. The van der Waals surface area contributed by atoms with Gasteiger partial charge < -0.3 is 16.4 Å². The van der Waals surface area contributed by atoms with E-state index in [9.17, 15) is 9.59 Å². The number of carbonyl (C=O) groups is 2. The average Bonchev–Trinajstić information content (AvgIpc) is 3.08. The van der Waals surface area contributed by atoms with Gasteiger partial charge in [-0.15, -0.1) is 11.3 Å². The van der Waals surface area contributed by atoms with Gasteiger partial charge in [-0.3, -0.25) is 4.79 Å². The third-order valence-electron chi connectivity index (χ3n) is 4.30. The molecule has 0 fully saturated rings. The summed E-state index contributed by atoms with van der Waals surface area (Å²) in [6.07, 6.45) is 3.25. The van der Waals surface area contributed by atoms with Gasteiger partial charge in [0.1, 0.15) is 0 Å². The number of nitrogens with one attached hydrogen (secondary N) is 2. The third kappa shape index (κ3) is 3.94. The van der Waals surface area contributed by atoms with Crippen LogP contribution in [0.15, 0.2) is 41.8 Å². The minimum atomic E-state index is -0.621. The normalized spacial score (nSPS) is 17.6. The lowest BCUT2D eigenvalue weighted by atomic mass is 9.87. The van der Waals surface area contributed by atoms with Crippen LogP contribution in [0.3, 0.4) is 0 Å². The predicted molar refractivity (Wildman–Crippen MR) is 94.7 cm³/mol. The van der Waals surface area contributed by atoms with Gasteiger partial charge in [0.15, 0.2) is 0 Å². The van der Waals surface area contributed by atoms with Gasteiger partial charge in [0.05, 0.1) is 18.5 Å². The number of hydrogen-bond acceptors (Lipinski definition) is 3. The van der Waals surface area contributed by atoms with Crippen molar-refractivity contribution < 1.29 is 9.59 Å². The summed E-state index contributed by atoms with van der Waals surface area (Å²) in [4.78, 5) is 24.7. The lowest BCUT2D eigenvalue weighted by Crippen LogP contribution is -2.37. The number of benzene rings is 1. The molecule has 1 aliphatic rings. The number of nitrogens with two attached hydrogens (primary N) is 1. The van der Waals surface area contributed by atoms with Crippen molar-refractivity contribution in [1.82, 2.24) is 10.6 Å². The first-order valence-corrected chi connectivity index (χ1v) is 8.98. The summed E-state index contributed by atoms with van der Waals surface area (Å²) in [5, 5.41) is 7.69. The molecule has 0 bridgehead atoms. The van der Waals surface area contributed by atoms with Crippen molar-refractivity contribution in [3.63, 3.8) is 0 Å². The summed E-state index contributed by atoms with van der Waals surface area (Å²) >= 11 is 1.50. The molecule has 4 N–H and O–H groups in total. The molecule has 0 radical (unpaired) electrons. The summed E-state index contributed by atoms with van der Waals surface area (Å²) in [6, 6.07) is 11.1. The highest BCUT2D eigenvalue weighted by atomic mass is 32.1. The van der Waals surface area contributed by atoms with Gasteiger partial charge in [0, 0.05) is 4.88 Å². The fraction of sp³-hybridized carbons (Fsp3) is 0.333. The minimum Gasteiger partial charge on any atom is -0.352 e. The fourth-order valence-electron chi connectivity index (χ4n) is 3.23. The molecule has 0 aliphatic heterocycles. The summed E-state index contributed by atoms with van der Waals surface area (Å²) < 4.78 is 0. The number of carbonyl (C=O) groups excluding carboxylic acids is 2. The first-order valence-electron chi connectivity index (χ1n) is 8.10. The maximum Gasteiger partial charge on any atom is 0.312 e. The summed E-state index contributed by atoms with van der Waals surface area (Å²) in [6.45, 7) is 0. The Morgan fingerprint density at radius 1 is 1.25 bits per heavy atom. The van der Waals surface area contributed by atoms with E-state index >= 15 is 0 Å². The molecule has 2 aromatic rings. The van der Waals surface area contributed by atoms with Gasteiger partial charge in [-0.05, 0) is 41.8 Å². The first kappa shape index (κ1) is 16.5. The van der Waals surface area contributed by atoms with Crippen molar-refractivity contribution in [1.29, 1.82) is 0 Å². The molecule has 1 aromatic carbocycles. The van der Waals surface area contributed by atoms with E-state index in [-0.39, 0.29) is 24.4 Å². The lowest BCUT2D eigenvalue weighted by Gasteiger charge is -2.27. The number of primary amides is 1. The Balaban J connectivity index is 1.67. The van der Waals surface area contributed by atoms with E-state index in [1.54, 1.807) is 0 Å².